The molecule has 6 nitrogen and oxygen atoms in total. The first kappa shape index (κ1) is 13.6. The number of amides is 1. The standard InChI is InChI=1S/C13H20N4O2/c1-3-8-19-11-6-7-14-13(17-11)15-9(2)12(18)16-10-4-5-10/h6-7,9-10H,3-5,8H2,1-2H3,(H,16,18)(H,14,15,17). The number of anilines is 1. The van der Waals surface area contributed by atoms with E-state index in [-0.39, 0.29) is 11.9 Å². The molecule has 104 valence electrons. The Morgan fingerprint density at radius 2 is 2.37 bits per heavy atom. The molecule has 1 aliphatic carbocycles. The minimum absolute atomic E-state index is 0.0222. The molecule has 1 heterocycles. The van der Waals surface area contributed by atoms with Crippen LogP contribution in [0.2, 0.25) is 0 Å². The highest BCUT2D eigenvalue weighted by Crippen LogP contribution is 2.18. The molecule has 1 aromatic rings. The summed E-state index contributed by atoms with van der Waals surface area (Å²) in [5, 5.41) is 5.91. The molecule has 1 fully saturated rings. The molecule has 0 aromatic carbocycles. The molecule has 1 unspecified atom stereocenters. The van der Waals surface area contributed by atoms with Crippen LogP contribution in [0.1, 0.15) is 33.1 Å². The van der Waals surface area contributed by atoms with Crippen molar-refractivity contribution >= 4 is 11.9 Å². The average Bonchev–Trinajstić information content (AvgIpc) is 3.20. The number of hydrogen-bond donors (Lipinski definition) is 2. The minimum atomic E-state index is -0.359. The molecule has 0 radical (unpaired) electrons. The van der Waals surface area contributed by atoms with Gasteiger partial charge in [0.15, 0.2) is 0 Å². The van der Waals surface area contributed by atoms with Crippen molar-refractivity contribution in [2.75, 3.05) is 11.9 Å². The Morgan fingerprint density at radius 3 is 3.05 bits per heavy atom. The molecule has 2 rings (SSSR count). The summed E-state index contributed by atoms with van der Waals surface area (Å²) in [5.74, 6) is 0.909. The van der Waals surface area contributed by atoms with Crippen LogP contribution >= 0.6 is 0 Å². The lowest BCUT2D eigenvalue weighted by atomic mass is 10.3. The number of ether oxygens (including phenoxy) is 1. The molecular formula is C13H20N4O2. The highest BCUT2D eigenvalue weighted by Gasteiger charge is 2.25. The summed E-state index contributed by atoms with van der Waals surface area (Å²) < 4.78 is 5.42. The van der Waals surface area contributed by atoms with Crippen LogP contribution < -0.4 is 15.4 Å². The SMILES string of the molecule is CCCOc1ccnc(NC(C)C(=O)NC2CC2)n1. The van der Waals surface area contributed by atoms with Gasteiger partial charge in [0.2, 0.25) is 17.7 Å². The Labute approximate surface area is 113 Å². The van der Waals surface area contributed by atoms with E-state index < -0.39 is 0 Å². The fourth-order valence-electron chi connectivity index (χ4n) is 1.51. The third kappa shape index (κ3) is 4.39. The summed E-state index contributed by atoms with van der Waals surface area (Å²) in [7, 11) is 0. The van der Waals surface area contributed by atoms with Crippen molar-refractivity contribution < 1.29 is 9.53 Å². The molecule has 0 saturated heterocycles. The van der Waals surface area contributed by atoms with E-state index in [2.05, 4.69) is 20.6 Å². The molecule has 1 atom stereocenters. The molecule has 19 heavy (non-hydrogen) atoms. The fraction of sp³-hybridized carbons (Fsp3) is 0.615. The van der Waals surface area contributed by atoms with Crippen LogP contribution in [0, 0.1) is 0 Å². The Morgan fingerprint density at radius 1 is 1.58 bits per heavy atom. The number of aromatic nitrogens is 2. The largest absolute Gasteiger partial charge is 0.478 e. The predicted molar refractivity (Wildman–Crippen MR) is 72.1 cm³/mol. The van der Waals surface area contributed by atoms with E-state index in [1.54, 1.807) is 19.2 Å². The summed E-state index contributed by atoms with van der Waals surface area (Å²) in [6.07, 6.45) is 4.70. The summed E-state index contributed by atoms with van der Waals surface area (Å²) in [6, 6.07) is 1.70. The Kier molecular flexibility index (Phi) is 4.54. The average molecular weight is 264 g/mol. The molecule has 0 aliphatic heterocycles. The second-order valence-electron chi connectivity index (χ2n) is 4.72. The first-order valence-electron chi connectivity index (χ1n) is 6.71. The Bertz CT molecular complexity index is 434. The second kappa shape index (κ2) is 6.36. The maximum absolute atomic E-state index is 11.8. The van der Waals surface area contributed by atoms with Gasteiger partial charge >= 0.3 is 0 Å². The Hall–Kier alpha value is -1.85. The smallest absolute Gasteiger partial charge is 0.242 e. The van der Waals surface area contributed by atoms with Crippen LogP contribution in [0.5, 0.6) is 5.88 Å². The maximum atomic E-state index is 11.8. The van der Waals surface area contributed by atoms with E-state index in [0.29, 0.717) is 24.5 Å². The van der Waals surface area contributed by atoms with Gasteiger partial charge < -0.3 is 15.4 Å². The zero-order valence-electron chi connectivity index (χ0n) is 11.3. The van der Waals surface area contributed by atoms with Gasteiger partial charge in [-0.1, -0.05) is 6.92 Å². The Balaban J connectivity index is 1.87. The maximum Gasteiger partial charge on any atom is 0.242 e. The van der Waals surface area contributed by atoms with Crippen LogP contribution in [0.25, 0.3) is 0 Å². The lowest BCUT2D eigenvalue weighted by molar-refractivity contribution is -0.121. The van der Waals surface area contributed by atoms with Gasteiger partial charge in [0.1, 0.15) is 6.04 Å². The van der Waals surface area contributed by atoms with Crippen LogP contribution in [-0.2, 0) is 4.79 Å². The summed E-state index contributed by atoms with van der Waals surface area (Å²) >= 11 is 0. The number of nitrogens with zero attached hydrogens (tertiary/aromatic N) is 2. The van der Waals surface area contributed by atoms with Gasteiger partial charge in [-0.3, -0.25) is 4.79 Å². The van der Waals surface area contributed by atoms with Crippen molar-refractivity contribution in [2.45, 2.75) is 45.2 Å². The van der Waals surface area contributed by atoms with Gasteiger partial charge in [0.05, 0.1) is 6.61 Å². The lowest BCUT2D eigenvalue weighted by Crippen LogP contribution is -2.39. The van der Waals surface area contributed by atoms with E-state index in [1.165, 1.54) is 0 Å². The minimum Gasteiger partial charge on any atom is -0.478 e. The fourth-order valence-corrected chi connectivity index (χ4v) is 1.51. The zero-order chi connectivity index (χ0) is 13.7. The van der Waals surface area contributed by atoms with Gasteiger partial charge in [-0.15, -0.1) is 0 Å². The van der Waals surface area contributed by atoms with E-state index in [4.69, 9.17) is 4.74 Å². The monoisotopic (exact) mass is 264 g/mol. The first-order chi connectivity index (χ1) is 9.19. The number of hydrogen-bond acceptors (Lipinski definition) is 5. The van der Waals surface area contributed by atoms with E-state index in [1.807, 2.05) is 6.92 Å². The van der Waals surface area contributed by atoms with Gasteiger partial charge in [0, 0.05) is 18.3 Å². The molecule has 1 saturated carbocycles. The topological polar surface area (TPSA) is 76.1 Å². The van der Waals surface area contributed by atoms with Crippen LogP contribution in [-0.4, -0.2) is 34.6 Å². The van der Waals surface area contributed by atoms with E-state index >= 15 is 0 Å². The van der Waals surface area contributed by atoms with Gasteiger partial charge in [-0.25, -0.2) is 4.98 Å². The second-order valence-corrected chi connectivity index (χ2v) is 4.72. The van der Waals surface area contributed by atoms with Crippen LogP contribution in [0.15, 0.2) is 12.3 Å². The summed E-state index contributed by atoms with van der Waals surface area (Å²) in [4.78, 5) is 20.1. The molecular weight excluding hydrogens is 244 g/mol. The summed E-state index contributed by atoms with van der Waals surface area (Å²) in [5.41, 5.74) is 0. The lowest BCUT2D eigenvalue weighted by Gasteiger charge is -2.14. The van der Waals surface area contributed by atoms with Crippen molar-refractivity contribution in [3.05, 3.63) is 12.3 Å². The van der Waals surface area contributed by atoms with E-state index in [9.17, 15) is 4.79 Å². The van der Waals surface area contributed by atoms with Gasteiger partial charge in [0.25, 0.3) is 0 Å². The number of nitrogens with one attached hydrogen (secondary N) is 2. The first-order valence-corrected chi connectivity index (χ1v) is 6.71. The van der Waals surface area contributed by atoms with Crippen molar-refractivity contribution in [1.82, 2.24) is 15.3 Å². The summed E-state index contributed by atoms with van der Waals surface area (Å²) in [6.45, 7) is 4.44. The number of carbonyl (C=O) groups excluding carboxylic acids is 1. The van der Waals surface area contributed by atoms with Gasteiger partial charge in [-0.05, 0) is 26.2 Å². The van der Waals surface area contributed by atoms with Crippen LogP contribution in [0.4, 0.5) is 5.95 Å². The zero-order valence-corrected chi connectivity index (χ0v) is 11.3. The third-order valence-electron chi connectivity index (χ3n) is 2.75. The third-order valence-corrected chi connectivity index (χ3v) is 2.75. The van der Waals surface area contributed by atoms with Crippen molar-refractivity contribution in [1.29, 1.82) is 0 Å². The quantitative estimate of drug-likeness (QED) is 0.777. The normalized spacial score (nSPS) is 15.7. The van der Waals surface area contributed by atoms with Gasteiger partial charge in [-0.2, -0.15) is 4.98 Å². The van der Waals surface area contributed by atoms with Crippen molar-refractivity contribution in [3.8, 4) is 5.88 Å². The highest BCUT2D eigenvalue weighted by molar-refractivity contribution is 5.84. The molecule has 2 N–H and O–H groups in total. The van der Waals surface area contributed by atoms with Crippen LogP contribution in [0.3, 0.4) is 0 Å². The molecule has 0 bridgehead atoms. The molecule has 1 aliphatic rings. The molecule has 0 spiro atoms. The number of rotatable bonds is 7. The van der Waals surface area contributed by atoms with E-state index in [0.717, 1.165) is 19.3 Å². The molecule has 6 heteroatoms. The molecule has 1 amide bonds. The molecule has 1 aromatic heterocycles. The van der Waals surface area contributed by atoms with Crippen molar-refractivity contribution in [3.63, 3.8) is 0 Å². The highest BCUT2D eigenvalue weighted by atomic mass is 16.5. The predicted octanol–water partition coefficient (Wildman–Crippen LogP) is 1.34. The number of carbonyl (C=O) groups is 1. The van der Waals surface area contributed by atoms with Crippen molar-refractivity contribution in [2.24, 2.45) is 0 Å².